The summed E-state index contributed by atoms with van der Waals surface area (Å²) in [7, 11) is 1.16. The van der Waals surface area contributed by atoms with Gasteiger partial charge in [-0.3, -0.25) is 4.79 Å². The van der Waals surface area contributed by atoms with Gasteiger partial charge < -0.3 is 4.74 Å². The molecule has 3 nitrogen and oxygen atoms in total. The molecule has 0 bridgehead atoms. The molecule has 0 radical (unpaired) electrons. The molecule has 0 aliphatic rings. The van der Waals surface area contributed by atoms with Gasteiger partial charge in [-0.1, -0.05) is 6.07 Å². The van der Waals surface area contributed by atoms with Crippen molar-refractivity contribution in [2.75, 3.05) is 7.11 Å². The van der Waals surface area contributed by atoms with Gasteiger partial charge in [-0.2, -0.15) is 18.4 Å². The van der Waals surface area contributed by atoms with Crippen LogP contribution in [0.1, 0.15) is 16.7 Å². The molecule has 0 N–H and O–H groups in total. The molecule has 0 amide bonds. The first-order valence-corrected chi connectivity index (χ1v) is 5.74. The lowest BCUT2D eigenvalue weighted by Crippen LogP contribution is -2.14. The van der Waals surface area contributed by atoms with E-state index >= 15 is 0 Å². The predicted molar refractivity (Wildman–Crippen MR) is 64.6 cm³/mol. The van der Waals surface area contributed by atoms with E-state index in [0.717, 1.165) is 13.2 Å². The zero-order chi connectivity index (χ0) is 13.9. The third-order valence-electron chi connectivity index (χ3n) is 2.19. The largest absolute Gasteiger partial charge is 0.469 e. The molecule has 0 atom stereocenters. The Morgan fingerprint density at radius 2 is 2.11 bits per heavy atom. The number of alkyl halides is 3. The average molecular weight is 369 g/mol. The Kier molecular flexibility index (Phi) is 4.56. The standard InChI is InChI=1S/C11H7F3INO2/c1-18-8(17)4-6-2-3-7(5-16)9(10(6)15)11(12,13)14/h2-3H,4H2,1H3. The number of carbonyl (C=O) groups excluding carboxylic acids is 1. The number of hydrogen-bond donors (Lipinski definition) is 0. The molecule has 0 saturated heterocycles. The van der Waals surface area contributed by atoms with Crippen LogP contribution >= 0.6 is 22.6 Å². The molecule has 96 valence electrons. The number of methoxy groups -OCH3 is 1. The first-order valence-electron chi connectivity index (χ1n) is 4.66. The van der Waals surface area contributed by atoms with Gasteiger partial charge in [-0.15, -0.1) is 0 Å². The second-order valence-corrected chi connectivity index (χ2v) is 4.40. The Morgan fingerprint density at radius 3 is 2.56 bits per heavy atom. The van der Waals surface area contributed by atoms with Crippen molar-refractivity contribution in [3.8, 4) is 6.07 Å². The van der Waals surface area contributed by atoms with Crippen molar-refractivity contribution in [2.24, 2.45) is 0 Å². The van der Waals surface area contributed by atoms with Crippen LogP contribution in [0.2, 0.25) is 0 Å². The summed E-state index contributed by atoms with van der Waals surface area (Å²) in [4.78, 5) is 11.1. The van der Waals surface area contributed by atoms with Gasteiger partial charge in [0.15, 0.2) is 0 Å². The maximum Gasteiger partial charge on any atom is 0.418 e. The van der Waals surface area contributed by atoms with Gasteiger partial charge in [-0.25, -0.2) is 0 Å². The minimum Gasteiger partial charge on any atom is -0.469 e. The number of carbonyl (C=O) groups is 1. The van der Waals surface area contributed by atoms with Crippen LogP contribution in [0.3, 0.4) is 0 Å². The number of nitriles is 1. The lowest BCUT2D eigenvalue weighted by molar-refractivity contribution is -0.141. The van der Waals surface area contributed by atoms with Crippen LogP contribution in [0.25, 0.3) is 0 Å². The second-order valence-electron chi connectivity index (χ2n) is 3.32. The Bertz CT molecular complexity index is 520. The van der Waals surface area contributed by atoms with Gasteiger partial charge in [0.25, 0.3) is 0 Å². The van der Waals surface area contributed by atoms with Crippen LogP contribution in [0.5, 0.6) is 0 Å². The van der Waals surface area contributed by atoms with Crippen LogP contribution in [0.15, 0.2) is 12.1 Å². The van der Waals surface area contributed by atoms with Crippen molar-refractivity contribution in [3.63, 3.8) is 0 Å². The van der Waals surface area contributed by atoms with Crippen molar-refractivity contribution < 1.29 is 22.7 Å². The van der Waals surface area contributed by atoms with Crippen molar-refractivity contribution in [2.45, 2.75) is 12.6 Å². The van der Waals surface area contributed by atoms with E-state index in [0.29, 0.717) is 0 Å². The Balaban J connectivity index is 3.36. The minimum atomic E-state index is -4.63. The molecule has 1 rings (SSSR count). The van der Waals surface area contributed by atoms with E-state index in [9.17, 15) is 18.0 Å². The van der Waals surface area contributed by atoms with E-state index in [2.05, 4.69) is 4.74 Å². The van der Waals surface area contributed by atoms with Gasteiger partial charge in [-0.05, 0) is 34.2 Å². The average Bonchev–Trinajstić information content (AvgIpc) is 2.29. The summed E-state index contributed by atoms with van der Waals surface area (Å²) in [6, 6.07) is 3.88. The molecule has 18 heavy (non-hydrogen) atoms. The molecular weight excluding hydrogens is 362 g/mol. The normalized spacial score (nSPS) is 10.9. The molecule has 0 aliphatic carbocycles. The molecule has 0 spiro atoms. The number of benzene rings is 1. The molecule has 0 heterocycles. The summed E-state index contributed by atoms with van der Waals surface area (Å²) in [5, 5.41) is 8.68. The van der Waals surface area contributed by atoms with E-state index in [1.807, 2.05) is 0 Å². The van der Waals surface area contributed by atoms with Crippen LogP contribution < -0.4 is 0 Å². The summed E-state index contributed by atoms with van der Waals surface area (Å²) in [5.74, 6) is -0.634. The van der Waals surface area contributed by atoms with Gasteiger partial charge >= 0.3 is 12.1 Å². The molecular formula is C11H7F3INO2. The Morgan fingerprint density at radius 1 is 1.50 bits per heavy atom. The highest BCUT2D eigenvalue weighted by Crippen LogP contribution is 2.36. The smallest absolute Gasteiger partial charge is 0.418 e. The summed E-state index contributed by atoms with van der Waals surface area (Å²) >= 11 is 1.49. The van der Waals surface area contributed by atoms with E-state index in [4.69, 9.17) is 5.26 Å². The second kappa shape index (κ2) is 5.56. The van der Waals surface area contributed by atoms with Crippen LogP contribution in [-0.2, 0) is 22.1 Å². The summed E-state index contributed by atoms with van der Waals surface area (Å²) in [6.45, 7) is 0. The van der Waals surface area contributed by atoms with E-state index < -0.39 is 23.3 Å². The number of hydrogen-bond acceptors (Lipinski definition) is 3. The molecule has 0 unspecified atom stereocenters. The van der Waals surface area contributed by atoms with Gasteiger partial charge in [0.05, 0.1) is 30.7 Å². The number of halogens is 4. The monoisotopic (exact) mass is 369 g/mol. The fourth-order valence-electron chi connectivity index (χ4n) is 1.35. The summed E-state index contributed by atoms with van der Waals surface area (Å²) in [5.41, 5.74) is -1.28. The molecule has 0 fully saturated rings. The maximum absolute atomic E-state index is 12.8. The highest BCUT2D eigenvalue weighted by Gasteiger charge is 2.37. The SMILES string of the molecule is COC(=O)Cc1ccc(C#N)c(C(F)(F)F)c1I. The van der Waals surface area contributed by atoms with E-state index in [1.165, 1.54) is 34.7 Å². The molecule has 1 aromatic rings. The third-order valence-corrected chi connectivity index (χ3v) is 3.42. The lowest BCUT2D eigenvalue weighted by atomic mass is 10.0. The van der Waals surface area contributed by atoms with Crippen LogP contribution in [-0.4, -0.2) is 13.1 Å². The first kappa shape index (κ1) is 14.8. The zero-order valence-corrected chi connectivity index (χ0v) is 11.3. The molecule has 1 aromatic carbocycles. The van der Waals surface area contributed by atoms with Crippen molar-refractivity contribution >= 4 is 28.6 Å². The Labute approximate surface area is 115 Å². The van der Waals surface area contributed by atoms with Gasteiger partial charge in [0.2, 0.25) is 0 Å². The number of esters is 1. The van der Waals surface area contributed by atoms with Gasteiger partial charge in [0.1, 0.15) is 0 Å². The molecule has 0 aliphatic heterocycles. The molecule has 0 aromatic heterocycles. The Hall–Kier alpha value is -1.30. The van der Waals surface area contributed by atoms with Crippen molar-refractivity contribution in [3.05, 3.63) is 32.4 Å². The summed E-state index contributed by atoms with van der Waals surface area (Å²) in [6.07, 6.45) is -4.89. The molecule has 7 heteroatoms. The van der Waals surface area contributed by atoms with Crippen molar-refractivity contribution in [1.82, 2.24) is 0 Å². The zero-order valence-electron chi connectivity index (χ0n) is 9.14. The van der Waals surface area contributed by atoms with Gasteiger partial charge in [0, 0.05) is 3.57 Å². The topological polar surface area (TPSA) is 50.1 Å². The fourth-order valence-corrected chi connectivity index (χ4v) is 2.32. The van der Waals surface area contributed by atoms with Crippen LogP contribution in [0.4, 0.5) is 13.2 Å². The van der Waals surface area contributed by atoms with Crippen LogP contribution in [0, 0.1) is 14.9 Å². The maximum atomic E-state index is 12.8. The minimum absolute atomic E-state index is 0.149. The highest BCUT2D eigenvalue weighted by atomic mass is 127. The molecule has 0 saturated carbocycles. The quantitative estimate of drug-likeness (QED) is 0.595. The third kappa shape index (κ3) is 3.13. The van der Waals surface area contributed by atoms with E-state index in [1.54, 1.807) is 0 Å². The number of rotatable bonds is 2. The highest BCUT2D eigenvalue weighted by molar-refractivity contribution is 14.1. The first-order chi connectivity index (χ1) is 8.31. The fraction of sp³-hybridized carbons (Fsp3) is 0.273. The summed E-state index contributed by atoms with van der Waals surface area (Å²) < 4.78 is 42.7. The van der Waals surface area contributed by atoms with Crippen molar-refractivity contribution in [1.29, 1.82) is 5.26 Å². The predicted octanol–water partition coefficient (Wildman–Crippen LogP) is 2.90. The lowest BCUT2D eigenvalue weighted by Gasteiger charge is -2.14. The number of nitrogens with zero attached hydrogens (tertiary/aromatic N) is 1. The van der Waals surface area contributed by atoms with E-state index in [-0.39, 0.29) is 15.6 Å². The number of ether oxygens (including phenoxy) is 1.